The Hall–Kier alpha value is -0.180. The van der Waals surface area contributed by atoms with E-state index < -0.39 is 0 Å². The van der Waals surface area contributed by atoms with Crippen LogP contribution in [0.4, 0.5) is 0 Å². The van der Waals surface area contributed by atoms with E-state index in [9.17, 15) is 0 Å². The maximum Gasteiger partial charge on any atom is 0.0460 e. The molecular formula is C13H20ClNS. The van der Waals surface area contributed by atoms with Gasteiger partial charge in [0.15, 0.2) is 0 Å². The molecule has 0 aromatic heterocycles. The summed E-state index contributed by atoms with van der Waals surface area (Å²) in [4.78, 5) is 0. The quantitative estimate of drug-likeness (QED) is 0.859. The molecule has 0 heterocycles. The number of nitrogens with two attached hydrogens (primary N) is 1. The fourth-order valence-electron chi connectivity index (χ4n) is 1.53. The normalized spacial score (nSPS) is 15.1. The van der Waals surface area contributed by atoms with Crippen molar-refractivity contribution in [1.29, 1.82) is 0 Å². The lowest BCUT2D eigenvalue weighted by Gasteiger charge is -2.22. The first-order chi connectivity index (χ1) is 7.52. The Balaban J connectivity index is 2.82. The Morgan fingerprint density at radius 3 is 2.38 bits per heavy atom. The Labute approximate surface area is 108 Å². The second-order valence-electron chi connectivity index (χ2n) is 4.53. The highest BCUT2D eigenvalue weighted by molar-refractivity contribution is 7.99. The third-order valence-electron chi connectivity index (χ3n) is 2.30. The minimum atomic E-state index is 0.114. The van der Waals surface area contributed by atoms with Gasteiger partial charge in [-0.1, -0.05) is 43.6 Å². The van der Waals surface area contributed by atoms with Crippen LogP contribution in [0, 0.1) is 5.92 Å². The van der Waals surface area contributed by atoms with Crippen LogP contribution in [0.25, 0.3) is 0 Å². The van der Waals surface area contributed by atoms with Crippen LogP contribution in [0.1, 0.15) is 31.6 Å². The topological polar surface area (TPSA) is 26.0 Å². The largest absolute Gasteiger partial charge is 0.327 e. The molecule has 1 aromatic rings. The van der Waals surface area contributed by atoms with E-state index in [4.69, 9.17) is 17.3 Å². The smallest absolute Gasteiger partial charge is 0.0460 e. The van der Waals surface area contributed by atoms with Crippen LogP contribution in [-0.4, -0.2) is 11.8 Å². The number of hydrogen-bond acceptors (Lipinski definition) is 2. The molecule has 0 saturated carbocycles. The molecule has 90 valence electrons. The van der Waals surface area contributed by atoms with Crippen LogP contribution in [-0.2, 0) is 0 Å². The Morgan fingerprint density at radius 2 is 1.88 bits per heavy atom. The summed E-state index contributed by atoms with van der Waals surface area (Å²) >= 11 is 8.11. The third kappa shape index (κ3) is 4.00. The molecule has 2 N–H and O–H groups in total. The number of rotatable bonds is 5. The van der Waals surface area contributed by atoms with Crippen molar-refractivity contribution < 1.29 is 0 Å². The van der Waals surface area contributed by atoms with Gasteiger partial charge >= 0.3 is 0 Å². The van der Waals surface area contributed by atoms with Gasteiger partial charge in [-0.05, 0) is 30.2 Å². The second kappa shape index (κ2) is 6.53. The molecule has 0 bridgehead atoms. The van der Waals surface area contributed by atoms with E-state index in [-0.39, 0.29) is 11.3 Å². The Kier molecular flexibility index (Phi) is 5.67. The zero-order chi connectivity index (χ0) is 12.1. The van der Waals surface area contributed by atoms with E-state index in [0.29, 0.717) is 5.92 Å². The molecule has 0 aliphatic rings. The van der Waals surface area contributed by atoms with Gasteiger partial charge in [-0.25, -0.2) is 0 Å². The molecule has 2 unspecified atom stereocenters. The predicted octanol–water partition coefficient (Wildman–Crippen LogP) is 4.12. The van der Waals surface area contributed by atoms with Gasteiger partial charge < -0.3 is 5.73 Å². The van der Waals surface area contributed by atoms with Gasteiger partial charge in [0.1, 0.15) is 0 Å². The first-order valence-corrected chi connectivity index (χ1v) is 7.06. The summed E-state index contributed by atoms with van der Waals surface area (Å²) in [6.45, 7) is 6.48. The summed E-state index contributed by atoms with van der Waals surface area (Å²) < 4.78 is 0. The lowest BCUT2D eigenvalue weighted by atomic mass is 10.1. The molecule has 3 heteroatoms. The highest BCUT2D eigenvalue weighted by Crippen LogP contribution is 2.36. The minimum Gasteiger partial charge on any atom is -0.327 e. The summed E-state index contributed by atoms with van der Waals surface area (Å²) in [5.41, 5.74) is 7.20. The minimum absolute atomic E-state index is 0.114. The average Bonchev–Trinajstić information content (AvgIpc) is 2.20. The van der Waals surface area contributed by atoms with Gasteiger partial charge in [0, 0.05) is 16.3 Å². The number of thioether (sulfide) groups is 1. The molecule has 0 saturated heterocycles. The van der Waals surface area contributed by atoms with Gasteiger partial charge in [-0.15, -0.1) is 0 Å². The van der Waals surface area contributed by atoms with E-state index >= 15 is 0 Å². The molecule has 2 atom stereocenters. The molecule has 0 amide bonds. The van der Waals surface area contributed by atoms with Crippen LogP contribution in [0.15, 0.2) is 24.3 Å². The molecule has 0 aliphatic carbocycles. The zero-order valence-corrected chi connectivity index (χ0v) is 11.7. The molecule has 1 aromatic carbocycles. The molecule has 16 heavy (non-hydrogen) atoms. The second-order valence-corrected chi connectivity index (χ2v) is 6.11. The molecule has 1 nitrogen and oxygen atoms in total. The SMILES string of the molecule is CC(C)CSC(c1ccccc1Cl)C(C)N. The van der Waals surface area contributed by atoms with Crippen molar-refractivity contribution in [2.24, 2.45) is 11.7 Å². The molecular weight excluding hydrogens is 238 g/mol. The van der Waals surface area contributed by atoms with Crippen molar-refractivity contribution in [3.8, 4) is 0 Å². The van der Waals surface area contributed by atoms with Crippen molar-refractivity contribution in [2.75, 3.05) is 5.75 Å². The molecule has 0 radical (unpaired) electrons. The first kappa shape index (κ1) is 13.9. The van der Waals surface area contributed by atoms with E-state index in [0.717, 1.165) is 16.3 Å². The van der Waals surface area contributed by atoms with Gasteiger partial charge in [-0.2, -0.15) is 11.8 Å². The third-order valence-corrected chi connectivity index (χ3v) is 4.54. The predicted molar refractivity (Wildman–Crippen MR) is 75.1 cm³/mol. The summed E-state index contributed by atoms with van der Waals surface area (Å²) in [6.07, 6.45) is 0. The summed E-state index contributed by atoms with van der Waals surface area (Å²) in [6, 6.07) is 8.10. The fraction of sp³-hybridized carbons (Fsp3) is 0.538. The number of hydrogen-bond donors (Lipinski definition) is 1. The van der Waals surface area contributed by atoms with Gasteiger partial charge in [0.2, 0.25) is 0 Å². The maximum atomic E-state index is 6.21. The highest BCUT2D eigenvalue weighted by atomic mass is 35.5. The van der Waals surface area contributed by atoms with Crippen LogP contribution in [0.3, 0.4) is 0 Å². The van der Waals surface area contributed by atoms with E-state index in [1.807, 2.05) is 36.9 Å². The lowest BCUT2D eigenvalue weighted by molar-refractivity contribution is 0.706. The van der Waals surface area contributed by atoms with Crippen molar-refractivity contribution in [3.63, 3.8) is 0 Å². The maximum absolute atomic E-state index is 6.21. The molecule has 1 rings (SSSR count). The summed E-state index contributed by atoms with van der Waals surface area (Å²) in [5.74, 6) is 1.78. The molecule has 0 spiro atoms. The van der Waals surface area contributed by atoms with E-state index in [1.54, 1.807) is 0 Å². The Morgan fingerprint density at radius 1 is 1.25 bits per heavy atom. The monoisotopic (exact) mass is 257 g/mol. The van der Waals surface area contributed by atoms with Crippen molar-refractivity contribution in [2.45, 2.75) is 32.1 Å². The van der Waals surface area contributed by atoms with Crippen molar-refractivity contribution in [3.05, 3.63) is 34.9 Å². The van der Waals surface area contributed by atoms with Crippen LogP contribution < -0.4 is 5.73 Å². The summed E-state index contributed by atoms with van der Waals surface area (Å²) in [5, 5.41) is 1.11. The highest BCUT2D eigenvalue weighted by Gasteiger charge is 2.19. The van der Waals surface area contributed by atoms with Gasteiger partial charge in [0.05, 0.1) is 0 Å². The van der Waals surface area contributed by atoms with Crippen LogP contribution in [0.5, 0.6) is 0 Å². The molecule has 0 fully saturated rings. The average molecular weight is 258 g/mol. The van der Waals surface area contributed by atoms with E-state index in [1.165, 1.54) is 0 Å². The first-order valence-electron chi connectivity index (χ1n) is 5.64. The van der Waals surface area contributed by atoms with Crippen molar-refractivity contribution >= 4 is 23.4 Å². The van der Waals surface area contributed by atoms with Gasteiger partial charge in [-0.3, -0.25) is 0 Å². The van der Waals surface area contributed by atoms with E-state index in [2.05, 4.69) is 19.9 Å². The number of halogens is 1. The Bertz CT molecular complexity index is 325. The molecule has 0 aliphatic heterocycles. The standard InChI is InChI=1S/C13H20ClNS/c1-9(2)8-16-13(10(3)15)11-6-4-5-7-12(11)14/h4-7,9-10,13H,8,15H2,1-3H3. The summed E-state index contributed by atoms with van der Waals surface area (Å²) in [7, 11) is 0. The van der Waals surface area contributed by atoms with Crippen molar-refractivity contribution in [1.82, 2.24) is 0 Å². The van der Waals surface area contributed by atoms with Crippen LogP contribution >= 0.6 is 23.4 Å². The zero-order valence-electron chi connectivity index (χ0n) is 10.1. The van der Waals surface area contributed by atoms with Gasteiger partial charge in [0.25, 0.3) is 0 Å². The van der Waals surface area contributed by atoms with Crippen LogP contribution in [0.2, 0.25) is 5.02 Å². The number of benzene rings is 1. The fourth-order valence-corrected chi connectivity index (χ4v) is 3.13. The lowest BCUT2D eigenvalue weighted by Crippen LogP contribution is -2.23.